The lowest BCUT2D eigenvalue weighted by molar-refractivity contribution is 0.120. The molecule has 0 radical (unpaired) electrons. The molecule has 2 saturated heterocycles. The normalized spacial score (nSPS) is 34.5. The second kappa shape index (κ2) is 4.41. The average Bonchev–Trinajstić information content (AvgIpc) is 2.72. The summed E-state index contributed by atoms with van der Waals surface area (Å²) in [7, 11) is 0. The predicted octanol–water partition coefficient (Wildman–Crippen LogP) is 2.96. The van der Waals surface area contributed by atoms with Crippen LogP contribution in [0.3, 0.4) is 0 Å². The van der Waals surface area contributed by atoms with E-state index in [2.05, 4.69) is 32.3 Å². The molecule has 2 fully saturated rings. The summed E-state index contributed by atoms with van der Waals surface area (Å²) < 4.78 is 1.24. The van der Waals surface area contributed by atoms with Crippen LogP contribution in [-0.2, 0) is 6.54 Å². The Morgan fingerprint density at radius 1 is 1.38 bits per heavy atom. The van der Waals surface area contributed by atoms with Crippen LogP contribution in [0.25, 0.3) is 0 Å². The van der Waals surface area contributed by atoms with E-state index in [9.17, 15) is 0 Å². The van der Waals surface area contributed by atoms with Crippen LogP contribution in [0.1, 0.15) is 31.2 Å². The molecule has 0 aliphatic carbocycles. The van der Waals surface area contributed by atoms with Gasteiger partial charge in [-0.25, -0.2) is 0 Å². The number of thiophene rings is 1. The first kappa shape index (κ1) is 11.2. The number of piperidine rings is 1. The Hall–Kier alpha value is 0.100. The molecule has 4 heteroatoms. The first-order chi connectivity index (χ1) is 7.72. The van der Waals surface area contributed by atoms with Crippen molar-refractivity contribution in [2.45, 2.75) is 50.4 Å². The molecule has 88 valence electrons. The average molecular weight is 301 g/mol. The van der Waals surface area contributed by atoms with E-state index in [1.54, 1.807) is 11.3 Å². The number of nitrogens with two attached hydrogens (primary N) is 1. The van der Waals surface area contributed by atoms with Crippen molar-refractivity contribution in [3.63, 3.8) is 0 Å². The van der Waals surface area contributed by atoms with Crippen molar-refractivity contribution in [1.82, 2.24) is 4.90 Å². The SMILES string of the molecule is NC1CC2CCC(C1)N2Cc1csc(Br)c1. The number of hydrogen-bond acceptors (Lipinski definition) is 3. The van der Waals surface area contributed by atoms with Gasteiger partial charge in [0.15, 0.2) is 0 Å². The van der Waals surface area contributed by atoms with Crippen LogP contribution >= 0.6 is 27.3 Å². The van der Waals surface area contributed by atoms with Gasteiger partial charge in [0, 0.05) is 24.7 Å². The maximum Gasteiger partial charge on any atom is 0.0701 e. The van der Waals surface area contributed by atoms with Crippen molar-refractivity contribution in [2.75, 3.05) is 0 Å². The maximum atomic E-state index is 6.08. The minimum Gasteiger partial charge on any atom is -0.328 e. The van der Waals surface area contributed by atoms with Gasteiger partial charge in [-0.15, -0.1) is 11.3 Å². The summed E-state index contributed by atoms with van der Waals surface area (Å²) in [5.74, 6) is 0. The monoisotopic (exact) mass is 300 g/mol. The van der Waals surface area contributed by atoms with Gasteiger partial charge < -0.3 is 5.73 Å². The third-order valence-corrected chi connectivity index (χ3v) is 5.46. The van der Waals surface area contributed by atoms with Crippen LogP contribution in [-0.4, -0.2) is 23.0 Å². The molecule has 2 atom stereocenters. The lowest BCUT2D eigenvalue weighted by Crippen LogP contribution is -2.46. The van der Waals surface area contributed by atoms with Gasteiger partial charge in [-0.3, -0.25) is 4.90 Å². The van der Waals surface area contributed by atoms with Gasteiger partial charge in [0.1, 0.15) is 0 Å². The lowest BCUT2D eigenvalue weighted by atomic mass is 9.98. The summed E-state index contributed by atoms with van der Waals surface area (Å²) in [6, 6.07) is 4.18. The third kappa shape index (κ3) is 2.08. The van der Waals surface area contributed by atoms with Gasteiger partial charge in [-0.2, -0.15) is 0 Å². The molecule has 16 heavy (non-hydrogen) atoms. The smallest absolute Gasteiger partial charge is 0.0701 e. The van der Waals surface area contributed by atoms with Crippen molar-refractivity contribution < 1.29 is 0 Å². The first-order valence-corrected chi connectivity index (χ1v) is 7.64. The second-order valence-corrected chi connectivity index (χ2v) is 7.34. The minimum atomic E-state index is 0.447. The van der Waals surface area contributed by atoms with E-state index in [4.69, 9.17) is 5.73 Å². The highest BCUT2D eigenvalue weighted by molar-refractivity contribution is 9.11. The summed E-state index contributed by atoms with van der Waals surface area (Å²) in [4.78, 5) is 2.68. The Kier molecular flexibility index (Phi) is 3.09. The van der Waals surface area contributed by atoms with E-state index in [0.717, 1.165) is 18.6 Å². The van der Waals surface area contributed by atoms with E-state index in [1.807, 2.05) is 0 Å². The van der Waals surface area contributed by atoms with E-state index >= 15 is 0 Å². The largest absolute Gasteiger partial charge is 0.328 e. The van der Waals surface area contributed by atoms with Crippen LogP contribution in [0.2, 0.25) is 0 Å². The van der Waals surface area contributed by atoms with Gasteiger partial charge >= 0.3 is 0 Å². The van der Waals surface area contributed by atoms with Crippen molar-refractivity contribution in [1.29, 1.82) is 0 Å². The molecule has 2 nitrogen and oxygen atoms in total. The Bertz CT molecular complexity index is 365. The molecular weight excluding hydrogens is 284 g/mol. The van der Waals surface area contributed by atoms with Gasteiger partial charge in [0.05, 0.1) is 3.79 Å². The molecule has 0 aromatic carbocycles. The van der Waals surface area contributed by atoms with Crippen molar-refractivity contribution in [3.8, 4) is 0 Å². The Labute approximate surface area is 109 Å². The van der Waals surface area contributed by atoms with Crippen LogP contribution in [0, 0.1) is 0 Å². The summed E-state index contributed by atoms with van der Waals surface area (Å²) in [5, 5.41) is 2.26. The van der Waals surface area contributed by atoms with Crippen LogP contribution < -0.4 is 5.73 Å². The number of halogens is 1. The fourth-order valence-electron chi connectivity index (χ4n) is 3.21. The van der Waals surface area contributed by atoms with E-state index in [1.165, 1.54) is 35.0 Å². The van der Waals surface area contributed by atoms with Crippen LogP contribution in [0.15, 0.2) is 15.2 Å². The summed E-state index contributed by atoms with van der Waals surface area (Å²) in [6.07, 6.45) is 5.09. The number of nitrogens with zero attached hydrogens (tertiary/aromatic N) is 1. The highest BCUT2D eigenvalue weighted by atomic mass is 79.9. The molecule has 3 rings (SSSR count). The van der Waals surface area contributed by atoms with Crippen LogP contribution in [0.5, 0.6) is 0 Å². The Morgan fingerprint density at radius 3 is 2.62 bits per heavy atom. The van der Waals surface area contributed by atoms with Gasteiger partial charge in [-0.1, -0.05) is 0 Å². The zero-order chi connectivity index (χ0) is 11.1. The van der Waals surface area contributed by atoms with Gasteiger partial charge in [-0.05, 0) is 58.6 Å². The molecule has 1 aromatic rings. The van der Waals surface area contributed by atoms with E-state index in [0.29, 0.717) is 6.04 Å². The van der Waals surface area contributed by atoms with Crippen molar-refractivity contribution in [3.05, 3.63) is 20.8 Å². The molecule has 0 spiro atoms. The van der Waals surface area contributed by atoms with Gasteiger partial charge in [0.2, 0.25) is 0 Å². The van der Waals surface area contributed by atoms with Crippen molar-refractivity contribution >= 4 is 27.3 Å². The summed E-state index contributed by atoms with van der Waals surface area (Å²) in [6.45, 7) is 1.12. The molecule has 2 aliphatic heterocycles. The zero-order valence-electron chi connectivity index (χ0n) is 9.23. The van der Waals surface area contributed by atoms with Gasteiger partial charge in [0.25, 0.3) is 0 Å². The molecule has 2 unspecified atom stereocenters. The minimum absolute atomic E-state index is 0.447. The topological polar surface area (TPSA) is 29.3 Å². The number of rotatable bonds is 2. The standard InChI is InChI=1S/C12H17BrN2S/c13-12-3-8(7-16-12)6-15-10-1-2-11(15)5-9(14)4-10/h3,7,9-11H,1-2,4-6,14H2. The fourth-order valence-corrected chi connectivity index (χ4v) is 4.41. The summed E-state index contributed by atoms with van der Waals surface area (Å²) >= 11 is 5.31. The molecule has 2 bridgehead atoms. The molecule has 1 aromatic heterocycles. The van der Waals surface area contributed by atoms with Crippen LogP contribution in [0.4, 0.5) is 0 Å². The summed E-state index contributed by atoms with van der Waals surface area (Å²) in [5.41, 5.74) is 7.53. The molecule has 2 aliphatic rings. The highest BCUT2D eigenvalue weighted by Crippen LogP contribution is 2.36. The van der Waals surface area contributed by atoms with Crippen molar-refractivity contribution in [2.24, 2.45) is 5.73 Å². The lowest BCUT2D eigenvalue weighted by Gasteiger charge is -2.37. The quantitative estimate of drug-likeness (QED) is 0.910. The number of hydrogen-bond donors (Lipinski definition) is 1. The third-order valence-electron chi connectivity index (χ3n) is 3.91. The molecule has 3 heterocycles. The highest BCUT2D eigenvalue weighted by Gasteiger charge is 2.39. The van der Waals surface area contributed by atoms with E-state index < -0.39 is 0 Å². The first-order valence-electron chi connectivity index (χ1n) is 5.96. The predicted molar refractivity (Wildman–Crippen MR) is 71.6 cm³/mol. The Balaban J connectivity index is 1.72. The molecular formula is C12H17BrN2S. The van der Waals surface area contributed by atoms with E-state index in [-0.39, 0.29) is 0 Å². The fraction of sp³-hybridized carbons (Fsp3) is 0.667. The maximum absolute atomic E-state index is 6.08. The molecule has 0 saturated carbocycles. The Morgan fingerprint density at radius 2 is 2.06 bits per heavy atom. The second-order valence-electron chi connectivity index (χ2n) is 5.05. The molecule has 2 N–H and O–H groups in total. The number of fused-ring (bicyclic) bond motifs is 2. The molecule has 0 amide bonds. The zero-order valence-corrected chi connectivity index (χ0v) is 11.6.